The summed E-state index contributed by atoms with van der Waals surface area (Å²) in [5.41, 5.74) is 2.62. The Morgan fingerprint density at radius 3 is 2.26 bits per heavy atom. The van der Waals surface area contributed by atoms with E-state index in [0.29, 0.717) is 0 Å². The summed E-state index contributed by atoms with van der Waals surface area (Å²) < 4.78 is 0. The number of amides is 2. The molecule has 0 radical (unpaired) electrons. The number of rotatable bonds is 7. The molecule has 0 aromatic heterocycles. The minimum Gasteiger partial charge on any atom is -0.338 e. The molecule has 1 aliphatic rings. The van der Waals surface area contributed by atoms with Gasteiger partial charge >= 0.3 is 6.03 Å². The van der Waals surface area contributed by atoms with Crippen molar-refractivity contribution in [1.82, 2.24) is 15.1 Å². The van der Waals surface area contributed by atoms with E-state index in [9.17, 15) is 4.79 Å². The van der Waals surface area contributed by atoms with Crippen molar-refractivity contribution in [1.29, 1.82) is 0 Å². The molecule has 1 N–H and O–H groups in total. The number of nitrogens with zero attached hydrogens (tertiary/aromatic N) is 2. The summed E-state index contributed by atoms with van der Waals surface area (Å²) in [6.07, 6.45) is 2.99. The van der Waals surface area contributed by atoms with E-state index in [1.54, 1.807) is 0 Å². The molecule has 2 aromatic carbocycles. The molecule has 4 nitrogen and oxygen atoms in total. The normalized spacial score (nSPS) is 14.9. The Hall–Kier alpha value is -2.04. The maximum absolute atomic E-state index is 12.3. The molecule has 3 rings (SSSR count). The van der Waals surface area contributed by atoms with E-state index >= 15 is 0 Å². The van der Waals surface area contributed by atoms with Gasteiger partial charge in [0, 0.05) is 44.3 Å². The van der Waals surface area contributed by atoms with Crippen LogP contribution in [0.5, 0.6) is 0 Å². The van der Waals surface area contributed by atoms with E-state index in [2.05, 4.69) is 46.6 Å². The second-order valence-corrected chi connectivity index (χ2v) is 7.46. The van der Waals surface area contributed by atoms with Gasteiger partial charge in [0.05, 0.1) is 0 Å². The molecule has 1 fully saturated rings. The van der Waals surface area contributed by atoms with Gasteiger partial charge in [-0.2, -0.15) is 0 Å². The molecule has 1 heterocycles. The SMILES string of the molecule is O=C(NCCCc1ccccc1)N1CCN(CCc2ccc(Cl)cc2)CC1. The van der Waals surface area contributed by atoms with Gasteiger partial charge in [-0.15, -0.1) is 0 Å². The van der Waals surface area contributed by atoms with Crippen molar-refractivity contribution in [2.45, 2.75) is 19.3 Å². The zero-order chi connectivity index (χ0) is 18.9. The first kappa shape index (κ1) is 19.7. The van der Waals surface area contributed by atoms with E-state index in [4.69, 9.17) is 11.6 Å². The lowest BCUT2D eigenvalue weighted by atomic mass is 10.1. The highest BCUT2D eigenvalue weighted by Gasteiger charge is 2.20. The molecule has 0 aliphatic carbocycles. The van der Waals surface area contributed by atoms with Crippen LogP contribution in [-0.4, -0.2) is 55.1 Å². The van der Waals surface area contributed by atoms with Crippen LogP contribution in [0.4, 0.5) is 4.79 Å². The summed E-state index contributed by atoms with van der Waals surface area (Å²) in [6, 6.07) is 18.5. The lowest BCUT2D eigenvalue weighted by Gasteiger charge is -2.34. The van der Waals surface area contributed by atoms with Crippen LogP contribution < -0.4 is 5.32 Å². The number of carbonyl (C=O) groups excluding carboxylic acids is 1. The fraction of sp³-hybridized carbons (Fsp3) is 0.409. The fourth-order valence-corrected chi connectivity index (χ4v) is 3.48. The third-order valence-corrected chi connectivity index (χ3v) is 5.30. The lowest BCUT2D eigenvalue weighted by molar-refractivity contribution is 0.140. The first-order chi connectivity index (χ1) is 13.2. The van der Waals surface area contributed by atoms with E-state index < -0.39 is 0 Å². The number of urea groups is 1. The van der Waals surface area contributed by atoms with Crippen LogP contribution in [0.25, 0.3) is 0 Å². The molecule has 27 heavy (non-hydrogen) atoms. The van der Waals surface area contributed by atoms with E-state index in [1.807, 2.05) is 23.1 Å². The molecule has 1 saturated heterocycles. The lowest BCUT2D eigenvalue weighted by Crippen LogP contribution is -2.52. The van der Waals surface area contributed by atoms with E-state index in [1.165, 1.54) is 11.1 Å². The van der Waals surface area contributed by atoms with Gasteiger partial charge in [0.25, 0.3) is 0 Å². The number of halogens is 1. The largest absolute Gasteiger partial charge is 0.338 e. The van der Waals surface area contributed by atoms with Gasteiger partial charge in [0.1, 0.15) is 0 Å². The predicted octanol–water partition coefficient (Wildman–Crippen LogP) is 3.84. The number of nitrogens with one attached hydrogen (secondary N) is 1. The number of carbonyl (C=O) groups is 1. The summed E-state index contributed by atoms with van der Waals surface area (Å²) in [5.74, 6) is 0. The van der Waals surface area contributed by atoms with Crippen LogP contribution in [-0.2, 0) is 12.8 Å². The van der Waals surface area contributed by atoms with Crippen molar-refractivity contribution in [2.75, 3.05) is 39.3 Å². The molecule has 1 aliphatic heterocycles. The first-order valence-electron chi connectivity index (χ1n) is 9.74. The Kier molecular flexibility index (Phi) is 7.55. The molecule has 0 saturated carbocycles. The van der Waals surface area contributed by atoms with Crippen LogP contribution in [0.15, 0.2) is 54.6 Å². The molecular formula is C22H28ClN3O. The average Bonchev–Trinajstić information content (AvgIpc) is 2.72. The average molecular weight is 386 g/mol. The molecule has 144 valence electrons. The summed E-state index contributed by atoms with van der Waals surface area (Å²) in [6.45, 7) is 5.21. The summed E-state index contributed by atoms with van der Waals surface area (Å²) in [4.78, 5) is 16.7. The maximum atomic E-state index is 12.3. The van der Waals surface area contributed by atoms with Gasteiger partial charge in [-0.3, -0.25) is 4.90 Å². The quantitative estimate of drug-likeness (QED) is 0.735. The molecule has 2 amide bonds. The van der Waals surface area contributed by atoms with Crippen LogP contribution in [0, 0.1) is 0 Å². The van der Waals surface area contributed by atoms with Gasteiger partial charge in [-0.25, -0.2) is 4.79 Å². The zero-order valence-electron chi connectivity index (χ0n) is 15.7. The van der Waals surface area contributed by atoms with Gasteiger partial charge in [0.15, 0.2) is 0 Å². The van der Waals surface area contributed by atoms with Crippen molar-refractivity contribution in [2.24, 2.45) is 0 Å². The van der Waals surface area contributed by atoms with Crippen molar-refractivity contribution in [3.63, 3.8) is 0 Å². The third kappa shape index (κ3) is 6.56. The second kappa shape index (κ2) is 10.3. The predicted molar refractivity (Wildman–Crippen MR) is 111 cm³/mol. The standard InChI is InChI=1S/C22H28ClN3O/c23-21-10-8-20(9-11-21)12-14-25-15-17-26(18-16-25)22(27)24-13-4-7-19-5-2-1-3-6-19/h1-3,5-6,8-11H,4,7,12-18H2,(H,24,27). The van der Waals surface area contributed by atoms with Gasteiger partial charge < -0.3 is 10.2 Å². The van der Waals surface area contributed by atoms with Gasteiger partial charge in [-0.1, -0.05) is 54.1 Å². The summed E-state index contributed by atoms with van der Waals surface area (Å²) >= 11 is 5.93. The zero-order valence-corrected chi connectivity index (χ0v) is 16.5. The van der Waals surface area contributed by atoms with E-state index in [-0.39, 0.29) is 6.03 Å². The molecule has 0 spiro atoms. The number of benzene rings is 2. The molecule has 0 atom stereocenters. The van der Waals surface area contributed by atoms with Crippen LogP contribution in [0.2, 0.25) is 5.02 Å². The Bertz CT molecular complexity index is 697. The van der Waals surface area contributed by atoms with Gasteiger partial charge in [-0.05, 0) is 42.5 Å². The summed E-state index contributed by atoms with van der Waals surface area (Å²) in [7, 11) is 0. The highest BCUT2D eigenvalue weighted by molar-refractivity contribution is 6.30. The maximum Gasteiger partial charge on any atom is 0.317 e. The Morgan fingerprint density at radius 1 is 0.889 bits per heavy atom. The molecule has 0 bridgehead atoms. The minimum atomic E-state index is 0.0698. The van der Waals surface area contributed by atoms with Gasteiger partial charge in [0.2, 0.25) is 0 Å². The topological polar surface area (TPSA) is 35.6 Å². The van der Waals surface area contributed by atoms with Crippen molar-refractivity contribution < 1.29 is 4.79 Å². The number of aryl methyl sites for hydroxylation is 1. The van der Waals surface area contributed by atoms with Crippen LogP contribution in [0.3, 0.4) is 0 Å². The molecule has 0 unspecified atom stereocenters. The fourth-order valence-electron chi connectivity index (χ4n) is 3.36. The van der Waals surface area contributed by atoms with Crippen molar-refractivity contribution in [3.8, 4) is 0 Å². The Morgan fingerprint density at radius 2 is 1.56 bits per heavy atom. The summed E-state index contributed by atoms with van der Waals surface area (Å²) in [5, 5.41) is 3.84. The minimum absolute atomic E-state index is 0.0698. The highest BCUT2D eigenvalue weighted by Crippen LogP contribution is 2.11. The van der Waals surface area contributed by atoms with Crippen LogP contribution >= 0.6 is 11.6 Å². The smallest absolute Gasteiger partial charge is 0.317 e. The third-order valence-electron chi connectivity index (χ3n) is 5.05. The van der Waals surface area contributed by atoms with Crippen molar-refractivity contribution in [3.05, 3.63) is 70.7 Å². The molecule has 2 aromatic rings. The number of hydrogen-bond acceptors (Lipinski definition) is 2. The van der Waals surface area contributed by atoms with Crippen LogP contribution in [0.1, 0.15) is 17.5 Å². The Labute approximate surface area is 167 Å². The molecule has 5 heteroatoms. The highest BCUT2D eigenvalue weighted by atomic mass is 35.5. The monoisotopic (exact) mass is 385 g/mol. The second-order valence-electron chi connectivity index (χ2n) is 7.03. The first-order valence-corrected chi connectivity index (χ1v) is 10.1. The van der Waals surface area contributed by atoms with E-state index in [0.717, 1.165) is 63.6 Å². The number of hydrogen-bond donors (Lipinski definition) is 1. The molecular weight excluding hydrogens is 358 g/mol. The van der Waals surface area contributed by atoms with Crippen molar-refractivity contribution >= 4 is 17.6 Å². The number of piperazine rings is 1. The Balaban J connectivity index is 1.30.